The Bertz CT molecular complexity index is 449. The zero-order chi connectivity index (χ0) is 14.2. The molecule has 0 bridgehead atoms. The molecule has 5 atom stereocenters. The predicted octanol–water partition coefficient (Wildman–Crippen LogP) is 1.41. The summed E-state index contributed by atoms with van der Waals surface area (Å²) in [4.78, 5) is 0. The molecule has 1 aliphatic heterocycles. The monoisotopic (exact) mass is 278 g/mol. The fourth-order valence-corrected chi connectivity index (χ4v) is 3.71. The maximum absolute atomic E-state index is 10.6. The van der Waals surface area contributed by atoms with Crippen LogP contribution in [0.25, 0.3) is 0 Å². The molecule has 0 radical (unpaired) electrons. The van der Waals surface area contributed by atoms with Crippen LogP contribution in [0, 0.1) is 5.92 Å². The summed E-state index contributed by atoms with van der Waals surface area (Å²) in [5.74, 6) is 0.0150. The van der Waals surface area contributed by atoms with Crippen molar-refractivity contribution in [3.8, 4) is 0 Å². The Morgan fingerprint density at radius 2 is 2.05 bits per heavy atom. The summed E-state index contributed by atoms with van der Waals surface area (Å²) in [5.41, 5.74) is 0.813. The molecule has 110 valence electrons. The van der Waals surface area contributed by atoms with Crippen LogP contribution in [0.3, 0.4) is 0 Å². The minimum Gasteiger partial charge on any atom is -0.390 e. The Labute approximate surface area is 119 Å². The van der Waals surface area contributed by atoms with E-state index in [4.69, 9.17) is 14.2 Å². The van der Waals surface area contributed by atoms with Gasteiger partial charge in [0, 0.05) is 33.0 Å². The molecule has 1 N–H and O–H groups in total. The minimum atomic E-state index is -0.496. The molecule has 1 aliphatic carbocycles. The lowest BCUT2D eigenvalue weighted by Gasteiger charge is -2.49. The fourth-order valence-electron chi connectivity index (χ4n) is 3.71. The maximum atomic E-state index is 10.6. The largest absolute Gasteiger partial charge is 0.390 e. The normalized spacial score (nSPS) is 39.4. The average Bonchev–Trinajstić information content (AvgIpc) is 2.63. The van der Waals surface area contributed by atoms with E-state index in [1.807, 2.05) is 18.2 Å². The highest BCUT2D eigenvalue weighted by atomic mass is 16.6. The Morgan fingerprint density at radius 1 is 1.30 bits per heavy atom. The number of benzene rings is 1. The van der Waals surface area contributed by atoms with Gasteiger partial charge in [-0.1, -0.05) is 30.3 Å². The molecule has 1 saturated carbocycles. The van der Waals surface area contributed by atoms with E-state index in [1.165, 1.54) is 5.56 Å². The SMILES string of the molecule is COCC12CC(OC)C1C(O)C(Cc1ccccc1)O2. The second-order valence-electron chi connectivity index (χ2n) is 5.84. The van der Waals surface area contributed by atoms with Gasteiger partial charge in [-0.05, 0) is 5.56 Å². The summed E-state index contributed by atoms with van der Waals surface area (Å²) in [6.07, 6.45) is 0.910. The molecule has 1 heterocycles. The number of aliphatic hydroxyl groups excluding tert-OH is 1. The Balaban J connectivity index is 1.75. The highest BCUT2D eigenvalue weighted by Gasteiger charge is 2.65. The minimum absolute atomic E-state index is 0.0150. The highest BCUT2D eigenvalue weighted by molar-refractivity contribution is 5.20. The van der Waals surface area contributed by atoms with E-state index >= 15 is 0 Å². The summed E-state index contributed by atoms with van der Waals surface area (Å²) in [6, 6.07) is 10.1. The van der Waals surface area contributed by atoms with Crippen LogP contribution in [-0.2, 0) is 20.6 Å². The molecule has 2 aliphatic rings. The van der Waals surface area contributed by atoms with Gasteiger partial charge in [0.1, 0.15) is 5.60 Å². The van der Waals surface area contributed by atoms with E-state index < -0.39 is 6.10 Å². The van der Waals surface area contributed by atoms with Crippen LogP contribution in [0.5, 0.6) is 0 Å². The van der Waals surface area contributed by atoms with E-state index in [0.717, 1.165) is 12.8 Å². The van der Waals surface area contributed by atoms with Crippen molar-refractivity contribution in [3.05, 3.63) is 35.9 Å². The van der Waals surface area contributed by atoms with Gasteiger partial charge in [0.15, 0.2) is 0 Å². The van der Waals surface area contributed by atoms with Crippen molar-refractivity contribution < 1.29 is 19.3 Å². The van der Waals surface area contributed by atoms with Gasteiger partial charge in [-0.15, -0.1) is 0 Å². The summed E-state index contributed by atoms with van der Waals surface area (Å²) >= 11 is 0. The van der Waals surface area contributed by atoms with Gasteiger partial charge in [-0.25, -0.2) is 0 Å². The van der Waals surface area contributed by atoms with Crippen molar-refractivity contribution >= 4 is 0 Å². The zero-order valence-electron chi connectivity index (χ0n) is 12.0. The zero-order valence-corrected chi connectivity index (χ0v) is 12.0. The molecule has 2 fully saturated rings. The third-order valence-corrected chi connectivity index (χ3v) is 4.66. The molecule has 1 aromatic carbocycles. The van der Waals surface area contributed by atoms with Crippen LogP contribution in [0.1, 0.15) is 12.0 Å². The van der Waals surface area contributed by atoms with E-state index in [-0.39, 0.29) is 23.7 Å². The molecular weight excluding hydrogens is 256 g/mol. The Hall–Kier alpha value is -0.940. The second kappa shape index (κ2) is 5.45. The number of fused-ring (bicyclic) bond motifs is 1. The van der Waals surface area contributed by atoms with E-state index in [1.54, 1.807) is 14.2 Å². The van der Waals surface area contributed by atoms with Crippen molar-refractivity contribution in [1.29, 1.82) is 0 Å². The number of hydrogen-bond donors (Lipinski definition) is 1. The van der Waals surface area contributed by atoms with Gasteiger partial charge in [-0.3, -0.25) is 0 Å². The van der Waals surface area contributed by atoms with E-state index in [2.05, 4.69) is 12.1 Å². The Morgan fingerprint density at radius 3 is 2.70 bits per heavy atom. The molecular formula is C16H22O4. The topological polar surface area (TPSA) is 47.9 Å². The maximum Gasteiger partial charge on any atom is 0.102 e. The quantitative estimate of drug-likeness (QED) is 0.884. The molecule has 5 unspecified atom stereocenters. The van der Waals surface area contributed by atoms with Crippen molar-refractivity contribution in [2.24, 2.45) is 5.92 Å². The third kappa shape index (κ3) is 2.17. The van der Waals surface area contributed by atoms with Gasteiger partial charge >= 0.3 is 0 Å². The third-order valence-electron chi connectivity index (χ3n) is 4.66. The van der Waals surface area contributed by atoms with Crippen LogP contribution < -0.4 is 0 Å². The van der Waals surface area contributed by atoms with Crippen LogP contribution in [0.2, 0.25) is 0 Å². The lowest BCUT2D eigenvalue weighted by molar-refractivity contribution is -0.201. The molecule has 1 aromatic rings. The van der Waals surface area contributed by atoms with E-state index in [0.29, 0.717) is 6.61 Å². The first kappa shape index (κ1) is 14.0. The molecule has 3 rings (SSSR count). The van der Waals surface area contributed by atoms with Crippen molar-refractivity contribution in [2.75, 3.05) is 20.8 Å². The summed E-state index contributed by atoms with van der Waals surface area (Å²) in [5, 5.41) is 10.6. The van der Waals surface area contributed by atoms with Gasteiger partial charge in [0.2, 0.25) is 0 Å². The average molecular weight is 278 g/mol. The first-order chi connectivity index (χ1) is 9.70. The van der Waals surface area contributed by atoms with Crippen LogP contribution in [0.15, 0.2) is 30.3 Å². The van der Waals surface area contributed by atoms with E-state index in [9.17, 15) is 5.11 Å². The molecule has 4 nitrogen and oxygen atoms in total. The summed E-state index contributed by atoms with van der Waals surface area (Å²) in [7, 11) is 3.37. The second-order valence-corrected chi connectivity index (χ2v) is 5.84. The molecule has 0 amide bonds. The number of rotatable bonds is 5. The predicted molar refractivity (Wildman–Crippen MR) is 74.5 cm³/mol. The molecule has 20 heavy (non-hydrogen) atoms. The van der Waals surface area contributed by atoms with Gasteiger partial charge in [-0.2, -0.15) is 0 Å². The van der Waals surface area contributed by atoms with Gasteiger partial charge in [0.25, 0.3) is 0 Å². The number of hydrogen-bond acceptors (Lipinski definition) is 4. The van der Waals surface area contributed by atoms with Crippen LogP contribution >= 0.6 is 0 Å². The lowest BCUT2D eigenvalue weighted by Crippen LogP contribution is -2.60. The van der Waals surface area contributed by atoms with Crippen molar-refractivity contribution in [3.63, 3.8) is 0 Å². The van der Waals surface area contributed by atoms with Gasteiger partial charge < -0.3 is 19.3 Å². The molecule has 0 aromatic heterocycles. The Kier molecular flexibility index (Phi) is 3.82. The van der Waals surface area contributed by atoms with Crippen LogP contribution in [-0.4, -0.2) is 49.8 Å². The molecule has 1 saturated heterocycles. The summed E-state index contributed by atoms with van der Waals surface area (Å²) < 4.78 is 16.9. The number of aliphatic hydroxyl groups is 1. The fraction of sp³-hybridized carbons (Fsp3) is 0.625. The lowest BCUT2D eigenvalue weighted by atomic mass is 9.65. The van der Waals surface area contributed by atoms with Crippen molar-refractivity contribution in [1.82, 2.24) is 0 Å². The van der Waals surface area contributed by atoms with Crippen molar-refractivity contribution in [2.45, 2.75) is 36.8 Å². The van der Waals surface area contributed by atoms with Gasteiger partial charge in [0.05, 0.1) is 24.9 Å². The molecule has 0 spiro atoms. The number of methoxy groups -OCH3 is 2. The first-order valence-electron chi connectivity index (χ1n) is 7.12. The van der Waals surface area contributed by atoms with Crippen LogP contribution in [0.4, 0.5) is 0 Å². The smallest absolute Gasteiger partial charge is 0.102 e. The molecule has 4 heteroatoms. The standard InChI is InChI=1S/C16H22O4/c1-18-10-16-9-13(19-2)14(16)15(17)12(20-16)8-11-6-4-3-5-7-11/h3-7,12-15,17H,8-10H2,1-2H3. The number of ether oxygens (including phenoxy) is 3. The summed E-state index contributed by atoms with van der Waals surface area (Å²) in [6.45, 7) is 0.514. The first-order valence-corrected chi connectivity index (χ1v) is 7.12. The highest BCUT2D eigenvalue weighted by Crippen LogP contribution is 2.52.